The minimum atomic E-state index is -0.588. The van der Waals surface area contributed by atoms with Gasteiger partial charge in [-0.15, -0.1) is 0 Å². The minimum absolute atomic E-state index is 0.0996. The lowest BCUT2D eigenvalue weighted by Gasteiger charge is -2.10. The van der Waals surface area contributed by atoms with Gasteiger partial charge in [0.25, 0.3) is 17.7 Å². The summed E-state index contributed by atoms with van der Waals surface area (Å²) in [5.74, 6) is 0.151. The molecule has 0 atom stereocenters. The number of ether oxygens (including phenoxy) is 3. The lowest BCUT2D eigenvalue weighted by Crippen LogP contribution is -2.46. The van der Waals surface area contributed by atoms with Gasteiger partial charge in [0.1, 0.15) is 12.4 Å². The highest BCUT2D eigenvalue weighted by Gasteiger charge is 2.16. The summed E-state index contributed by atoms with van der Waals surface area (Å²) < 4.78 is 16.1. The molecule has 0 unspecified atom stereocenters. The Morgan fingerprint density at radius 2 is 1.53 bits per heavy atom. The molecule has 3 aromatic carbocycles. The molecule has 34 heavy (non-hydrogen) atoms. The summed E-state index contributed by atoms with van der Waals surface area (Å²) in [5, 5.41) is 3.10. The number of fused-ring (bicyclic) bond motifs is 1. The number of benzene rings is 3. The Labute approximate surface area is 199 Å². The Morgan fingerprint density at radius 3 is 2.29 bits per heavy atom. The number of hydrogen-bond acceptors (Lipinski definition) is 6. The van der Waals surface area contributed by atoms with Gasteiger partial charge in [0.15, 0.2) is 11.5 Å². The molecule has 3 amide bonds. The summed E-state index contributed by atoms with van der Waals surface area (Å²) in [6, 6.07) is 18.4. The Balaban J connectivity index is 1.19. The molecule has 3 N–H and O–H groups in total. The van der Waals surface area contributed by atoms with Crippen LogP contribution in [0.1, 0.15) is 26.3 Å². The second kappa shape index (κ2) is 10.6. The smallest absolute Gasteiger partial charge is 0.269 e. The summed E-state index contributed by atoms with van der Waals surface area (Å²) in [6.07, 6.45) is 0. The predicted octanol–water partition coefficient (Wildman–Crippen LogP) is 2.84. The molecule has 0 radical (unpaired) electrons. The zero-order valence-electron chi connectivity index (χ0n) is 17.8. The maximum Gasteiger partial charge on any atom is 0.269 e. The van der Waals surface area contributed by atoms with Gasteiger partial charge in [0.05, 0.1) is 6.54 Å². The average molecular weight is 482 g/mol. The molecule has 0 aliphatic carbocycles. The van der Waals surface area contributed by atoms with Crippen molar-refractivity contribution >= 4 is 29.3 Å². The Morgan fingerprint density at radius 1 is 0.824 bits per heavy atom. The summed E-state index contributed by atoms with van der Waals surface area (Å²) in [4.78, 5) is 36.5. The van der Waals surface area contributed by atoms with Crippen LogP contribution in [-0.2, 0) is 11.4 Å². The van der Waals surface area contributed by atoms with E-state index in [1.165, 1.54) is 6.07 Å². The first kappa shape index (κ1) is 22.9. The molecular formula is C24H20ClN3O6. The molecule has 0 bridgehead atoms. The SMILES string of the molecule is O=C(CNC(=O)c1ccc2c(c1)OCO2)NNC(=O)c1ccc(COc2ccc(Cl)cc2)cc1. The van der Waals surface area contributed by atoms with E-state index in [0.717, 1.165) is 5.56 Å². The molecule has 3 aromatic rings. The van der Waals surface area contributed by atoms with Crippen LogP contribution in [0.5, 0.6) is 17.2 Å². The molecule has 0 spiro atoms. The number of carbonyl (C=O) groups is 3. The average Bonchev–Trinajstić information content (AvgIpc) is 3.34. The first-order chi connectivity index (χ1) is 16.5. The Hall–Kier alpha value is -4.24. The van der Waals surface area contributed by atoms with Crippen LogP contribution in [0.3, 0.4) is 0 Å². The largest absolute Gasteiger partial charge is 0.489 e. The van der Waals surface area contributed by atoms with Crippen LogP contribution in [0.25, 0.3) is 0 Å². The second-order valence-electron chi connectivity index (χ2n) is 7.19. The lowest BCUT2D eigenvalue weighted by molar-refractivity contribution is -0.120. The van der Waals surface area contributed by atoms with E-state index in [-0.39, 0.29) is 13.3 Å². The number of hydrogen-bond donors (Lipinski definition) is 3. The number of nitrogens with one attached hydrogen (secondary N) is 3. The maximum atomic E-state index is 12.3. The van der Waals surface area contributed by atoms with Crippen molar-refractivity contribution in [3.63, 3.8) is 0 Å². The molecule has 9 nitrogen and oxygen atoms in total. The number of amides is 3. The summed E-state index contributed by atoms with van der Waals surface area (Å²) in [5.41, 5.74) is 6.10. The maximum absolute atomic E-state index is 12.3. The van der Waals surface area contributed by atoms with Crippen molar-refractivity contribution in [3.8, 4) is 17.2 Å². The topological polar surface area (TPSA) is 115 Å². The van der Waals surface area contributed by atoms with Crippen molar-refractivity contribution in [2.75, 3.05) is 13.3 Å². The summed E-state index contributed by atoms with van der Waals surface area (Å²) >= 11 is 5.85. The van der Waals surface area contributed by atoms with Gasteiger partial charge < -0.3 is 19.5 Å². The van der Waals surface area contributed by atoms with E-state index in [2.05, 4.69) is 16.2 Å². The van der Waals surface area contributed by atoms with Crippen molar-refractivity contribution in [1.29, 1.82) is 0 Å². The Kier molecular flexibility index (Phi) is 7.14. The molecule has 174 valence electrons. The van der Waals surface area contributed by atoms with Crippen molar-refractivity contribution in [3.05, 3.63) is 88.4 Å². The molecular weight excluding hydrogens is 462 g/mol. The van der Waals surface area contributed by atoms with Crippen molar-refractivity contribution < 1.29 is 28.6 Å². The fraction of sp³-hybridized carbons (Fsp3) is 0.125. The zero-order valence-corrected chi connectivity index (χ0v) is 18.6. The monoisotopic (exact) mass is 481 g/mol. The first-order valence-corrected chi connectivity index (χ1v) is 10.6. The van der Waals surface area contributed by atoms with Gasteiger partial charge >= 0.3 is 0 Å². The number of halogens is 1. The predicted molar refractivity (Wildman–Crippen MR) is 123 cm³/mol. The van der Waals surface area contributed by atoms with E-state index >= 15 is 0 Å². The van der Waals surface area contributed by atoms with E-state index in [1.807, 2.05) is 0 Å². The third-order valence-corrected chi connectivity index (χ3v) is 5.05. The number of carbonyl (C=O) groups excluding carboxylic acids is 3. The normalized spacial score (nSPS) is 11.4. The van der Waals surface area contributed by atoms with Crippen LogP contribution < -0.4 is 30.4 Å². The highest BCUT2D eigenvalue weighted by Crippen LogP contribution is 2.32. The highest BCUT2D eigenvalue weighted by molar-refractivity contribution is 6.30. The second-order valence-corrected chi connectivity index (χ2v) is 7.63. The summed E-state index contributed by atoms with van der Waals surface area (Å²) in [6.45, 7) is 0.0975. The van der Waals surface area contributed by atoms with Gasteiger partial charge in [-0.3, -0.25) is 25.2 Å². The standard InChI is InChI=1S/C24H20ClN3O6/c25-18-6-8-19(9-7-18)32-13-15-1-3-16(4-2-15)24(31)28-27-22(29)12-26-23(30)17-5-10-20-21(11-17)34-14-33-20/h1-11H,12-14H2,(H,26,30)(H,27,29)(H,28,31). The molecule has 4 rings (SSSR count). The van der Waals surface area contributed by atoms with E-state index in [9.17, 15) is 14.4 Å². The molecule has 0 fully saturated rings. The highest BCUT2D eigenvalue weighted by atomic mass is 35.5. The molecule has 0 aromatic heterocycles. The van der Waals surface area contributed by atoms with Crippen LogP contribution in [-0.4, -0.2) is 31.1 Å². The number of hydrazine groups is 1. The van der Waals surface area contributed by atoms with Crippen LogP contribution >= 0.6 is 11.6 Å². The summed E-state index contributed by atoms with van der Waals surface area (Å²) in [7, 11) is 0. The minimum Gasteiger partial charge on any atom is -0.489 e. The van der Waals surface area contributed by atoms with Gasteiger partial charge in [-0.05, 0) is 60.2 Å². The van der Waals surface area contributed by atoms with E-state index < -0.39 is 17.7 Å². The van der Waals surface area contributed by atoms with Gasteiger partial charge in [0, 0.05) is 16.1 Å². The number of rotatable bonds is 7. The van der Waals surface area contributed by atoms with Crippen LogP contribution in [0.15, 0.2) is 66.7 Å². The van der Waals surface area contributed by atoms with Crippen molar-refractivity contribution in [2.45, 2.75) is 6.61 Å². The van der Waals surface area contributed by atoms with Gasteiger partial charge in [-0.25, -0.2) is 0 Å². The van der Waals surface area contributed by atoms with Gasteiger partial charge in [-0.2, -0.15) is 0 Å². The third-order valence-electron chi connectivity index (χ3n) is 4.79. The zero-order chi connectivity index (χ0) is 23.9. The third kappa shape index (κ3) is 5.96. The fourth-order valence-corrected chi connectivity index (χ4v) is 3.12. The van der Waals surface area contributed by atoms with Gasteiger partial charge in [0.2, 0.25) is 6.79 Å². The molecule has 1 aliphatic rings. The van der Waals surface area contributed by atoms with Crippen LogP contribution in [0.4, 0.5) is 0 Å². The molecule has 0 saturated heterocycles. The van der Waals surface area contributed by atoms with Gasteiger partial charge in [-0.1, -0.05) is 23.7 Å². The van der Waals surface area contributed by atoms with E-state index in [0.29, 0.717) is 40.0 Å². The van der Waals surface area contributed by atoms with Crippen molar-refractivity contribution in [1.82, 2.24) is 16.2 Å². The van der Waals surface area contributed by atoms with E-state index in [4.69, 9.17) is 25.8 Å². The van der Waals surface area contributed by atoms with Crippen LogP contribution in [0.2, 0.25) is 5.02 Å². The van der Waals surface area contributed by atoms with Crippen LogP contribution in [0, 0.1) is 0 Å². The lowest BCUT2D eigenvalue weighted by atomic mass is 10.1. The molecule has 1 heterocycles. The Bertz CT molecular complexity index is 1200. The van der Waals surface area contributed by atoms with E-state index in [1.54, 1.807) is 60.7 Å². The first-order valence-electron chi connectivity index (χ1n) is 10.2. The quantitative estimate of drug-likeness (QED) is 0.447. The molecule has 0 saturated carbocycles. The fourth-order valence-electron chi connectivity index (χ4n) is 2.99. The molecule has 10 heteroatoms. The van der Waals surface area contributed by atoms with Crippen molar-refractivity contribution in [2.24, 2.45) is 0 Å². The molecule has 1 aliphatic heterocycles.